The molecule has 42 heavy (non-hydrogen) atoms. The predicted molar refractivity (Wildman–Crippen MR) is 153 cm³/mol. The number of benzene rings is 3. The molecule has 3 aromatic carbocycles. The lowest BCUT2D eigenvalue weighted by atomic mass is 9.84. The Morgan fingerprint density at radius 1 is 0.952 bits per heavy atom. The van der Waals surface area contributed by atoms with Gasteiger partial charge in [0.1, 0.15) is 22.2 Å². The van der Waals surface area contributed by atoms with Gasteiger partial charge >= 0.3 is 0 Å². The van der Waals surface area contributed by atoms with Crippen LogP contribution in [0.15, 0.2) is 75.9 Å². The zero-order chi connectivity index (χ0) is 29.3. The first-order valence-electron chi connectivity index (χ1n) is 13.3. The van der Waals surface area contributed by atoms with Crippen LogP contribution in [0.2, 0.25) is 0 Å². The Bertz CT molecular complexity index is 1990. The number of para-hydroxylation sites is 1. The second-order valence-electron chi connectivity index (χ2n) is 10.7. The number of carbonyl (C=O) groups is 2. The fraction of sp³-hybridized carbons (Fsp3) is 0.194. The van der Waals surface area contributed by atoms with Gasteiger partial charge in [-0.3, -0.25) is 19.3 Å². The molecule has 4 heterocycles. The van der Waals surface area contributed by atoms with E-state index in [1.54, 1.807) is 36.4 Å². The van der Waals surface area contributed by atoms with E-state index in [0.29, 0.717) is 28.2 Å². The minimum Gasteiger partial charge on any atom is -0.450 e. The Kier molecular flexibility index (Phi) is 5.84. The predicted octanol–water partition coefficient (Wildman–Crippen LogP) is 5.57. The quantitative estimate of drug-likeness (QED) is 0.268. The summed E-state index contributed by atoms with van der Waals surface area (Å²) in [7, 11) is 0. The summed E-state index contributed by atoms with van der Waals surface area (Å²) in [6.45, 7) is 4.09. The average molecular weight is 585 g/mol. The molecule has 2 amide bonds. The smallest absolute Gasteiger partial charge is 0.297 e. The van der Waals surface area contributed by atoms with Crippen LogP contribution in [0, 0.1) is 17.6 Å². The molecule has 8 nitrogen and oxygen atoms in total. The fourth-order valence-corrected chi connectivity index (χ4v) is 6.93. The highest BCUT2D eigenvalue weighted by molar-refractivity contribution is 7.15. The Morgan fingerprint density at radius 3 is 2.45 bits per heavy atom. The highest BCUT2D eigenvalue weighted by Gasteiger charge is 2.66. The van der Waals surface area contributed by atoms with Crippen molar-refractivity contribution in [2.45, 2.75) is 32.4 Å². The number of amides is 2. The van der Waals surface area contributed by atoms with E-state index in [2.05, 4.69) is 10.2 Å². The van der Waals surface area contributed by atoms with Crippen molar-refractivity contribution in [2.24, 2.45) is 5.92 Å². The zero-order valence-corrected chi connectivity index (χ0v) is 23.2. The first-order valence-corrected chi connectivity index (χ1v) is 14.1. The fourth-order valence-electron chi connectivity index (χ4n) is 5.83. The van der Waals surface area contributed by atoms with Gasteiger partial charge in [0, 0.05) is 12.0 Å². The summed E-state index contributed by atoms with van der Waals surface area (Å²) in [4.78, 5) is 46.0. The maximum absolute atomic E-state index is 14.8. The molecule has 0 saturated carbocycles. The first-order chi connectivity index (χ1) is 20.2. The van der Waals surface area contributed by atoms with Gasteiger partial charge in [-0.15, -0.1) is 10.2 Å². The van der Waals surface area contributed by atoms with Crippen LogP contribution < -0.4 is 15.2 Å². The number of nitrogens with zero attached hydrogens (tertiary/aromatic N) is 4. The third kappa shape index (κ3) is 3.66. The number of rotatable bonds is 5. The summed E-state index contributed by atoms with van der Waals surface area (Å²) in [6, 6.07) is 16.0. The second-order valence-corrected chi connectivity index (χ2v) is 11.8. The molecule has 210 valence electrons. The van der Waals surface area contributed by atoms with Gasteiger partial charge in [-0.1, -0.05) is 55.5 Å². The maximum Gasteiger partial charge on any atom is 0.297 e. The van der Waals surface area contributed by atoms with Gasteiger partial charge in [0.15, 0.2) is 11.0 Å². The first kappa shape index (κ1) is 26.1. The van der Waals surface area contributed by atoms with Crippen LogP contribution in [-0.2, 0) is 23.3 Å². The van der Waals surface area contributed by atoms with Crippen molar-refractivity contribution in [3.05, 3.63) is 116 Å². The Hall–Kier alpha value is -4.77. The molecule has 5 aromatic rings. The van der Waals surface area contributed by atoms with Gasteiger partial charge in [-0.2, -0.15) is 0 Å². The SMILES string of the molecule is CC(C)Cc1nnc(N2C(=O)c3oc4ccc(F)cc4c(=O)c3C23C(=O)N(Cc2ccc(F)cc2)c2ccccc23)s1. The van der Waals surface area contributed by atoms with Crippen LogP contribution in [0.3, 0.4) is 0 Å². The third-order valence-electron chi connectivity index (χ3n) is 7.57. The van der Waals surface area contributed by atoms with Gasteiger partial charge in [-0.25, -0.2) is 8.78 Å². The van der Waals surface area contributed by atoms with E-state index in [1.165, 1.54) is 28.0 Å². The normalized spacial score (nSPS) is 17.6. The topological polar surface area (TPSA) is 96.6 Å². The zero-order valence-electron chi connectivity index (χ0n) is 22.4. The molecule has 0 fully saturated rings. The lowest BCUT2D eigenvalue weighted by molar-refractivity contribution is -0.121. The van der Waals surface area contributed by atoms with E-state index < -0.39 is 34.4 Å². The number of anilines is 2. The van der Waals surface area contributed by atoms with E-state index in [1.807, 2.05) is 13.8 Å². The molecule has 1 atom stereocenters. The van der Waals surface area contributed by atoms with Crippen LogP contribution >= 0.6 is 11.3 Å². The van der Waals surface area contributed by atoms with Crippen LogP contribution in [0.4, 0.5) is 19.6 Å². The number of halogens is 2. The minimum absolute atomic E-state index is 0.0187. The summed E-state index contributed by atoms with van der Waals surface area (Å²) in [5.41, 5.74) is -1.40. The average Bonchev–Trinajstić information content (AvgIpc) is 3.59. The van der Waals surface area contributed by atoms with Crippen molar-refractivity contribution in [2.75, 3.05) is 9.80 Å². The molecular weight excluding hydrogens is 562 g/mol. The molecule has 2 aliphatic rings. The lowest BCUT2D eigenvalue weighted by Crippen LogP contribution is -2.53. The van der Waals surface area contributed by atoms with Gasteiger partial charge in [0.2, 0.25) is 10.9 Å². The van der Waals surface area contributed by atoms with Crippen LogP contribution in [0.25, 0.3) is 11.0 Å². The number of hydrogen-bond acceptors (Lipinski definition) is 7. The molecule has 0 radical (unpaired) electrons. The third-order valence-corrected chi connectivity index (χ3v) is 8.50. The maximum atomic E-state index is 14.8. The molecule has 2 aliphatic heterocycles. The van der Waals surface area contributed by atoms with E-state index in [4.69, 9.17) is 4.42 Å². The van der Waals surface area contributed by atoms with E-state index in [9.17, 15) is 23.2 Å². The summed E-state index contributed by atoms with van der Waals surface area (Å²) in [5.74, 6) is -2.46. The molecular formula is C31H22F2N4O4S. The summed E-state index contributed by atoms with van der Waals surface area (Å²) in [5, 5.41) is 9.27. The molecule has 2 aromatic heterocycles. The number of hydrogen-bond donors (Lipinski definition) is 0. The van der Waals surface area contributed by atoms with E-state index in [0.717, 1.165) is 23.5 Å². The number of aromatic nitrogens is 2. The summed E-state index contributed by atoms with van der Waals surface area (Å²) in [6.07, 6.45) is 0.598. The highest BCUT2D eigenvalue weighted by atomic mass is 32.1. The molecule has 0 N–H and O–H groups in total. The second kappa shape index (κ2) is 9.38. The van der Waals surface area contributed by atoms with E-state index in [-0.39, 0.29) is 39.9 Å². The molecule has 11 heteroatoms. The molecule has 1 unspecified atom stereocenters. The standard InChI is InChI=1S/C31H22F2N4O4S/c1-16(2)13-24-34-35-30(42-24)37-28(39)27-25(26(38)20-14-19(33)11-12-23(20)41-27)31(37)21-5-3-4-6-22(21)36(29(31)40)15-17-7-9-18(32)10-8-17/h3-12,14,16H,13,15H2,1-2H3. The molecule has 7 rings (SSSR count). The van der Waals surface area contributed by atoms with Gasteiger partial charge in [0.05, 0.1) is 23.2 Å². The van der Waals surface area contributed by atoms with Crippen molar-refractivity contribution in [3.63, 3.8) is 0 Å². The van der Waals surface area contributed by atoms with Crippen molar-refractivity contribution in [3.8, 4) is 0 Å². The Balaban J connectivity index is 1.52. The van der Waals surface area contributed by atoms with Crippen molar-refractivity contribution in [1.29, 1.82) is 0 Å². The molecule has 0 saturated heterocycles. The van der Waals surface area contributed by atoms with Crippen LogP contribution in [0.1, 0.15) is 46.1 Å². The van der Waals surface area contributed by atoms with Gasteiger partial charge < -0.3 is 9.32 Å². The van der Waals surface area contributed by atoms with Crippen molar-refractivity contribution in [1.82, 2.24) is 10.2 Å². The molecule has 1 spiro atoms. The van der Waals surface area contributed by atoms with Crippen LogP contribution in [-0.4, -0.2) is 22.0 Å². The molecule has 0 aliphatic carbocycles. The summed E-state index contributed by atoms with van der Waals surface area (Å²) >= 11 is 1.16. The van der Waals surface area contributed by atoms with Crippen molar-refractivity contribution >= 4 is 44.9 Å². The number of fused-ring (bicyclic) bond motifs is 5. The van der Waals surface area contributed by atoms with Gasteiger partial charge in [0.25, 0.3) is 11.8 Å². The largest absolute Gasteiger partial charge is 0.450 e. The summed E-state index contributed by atoms with van der Waals surface area (Å²) < 4.78 is 34.0. The highest BCUT2D eigenvalue weighted by Crippen LogP contribution is 2.54. The van der Waals surface area contributed by atoms with Gasteiger partial charge in [-0.05, 0) is 47.9 Å². The minimum atomic E-state index is -1.99. The Morgan fingerprint density at radius 2 is 1.69 bits per heavy atom. The van der Waals surface area contributed by atoms with E-state index >= 15 is 0 Å². The monoisotopic (exact) mass is 584 g/mol. The lowest BCUT2D eigenvalue weighted by Gasteiger charge is -2.32. The molecule has 0 bridgehead atoms. The number of carbonyl (C=O) groups excluding carboxylic acids is 2. The van der Waals surface area contributed by atoms with Crippen LogP contribution in [0.5, 0.6) is 0 Å². The Labute approximate surface area is 241 Å². The van der Waals surface area contributed by atoms with Crippen molar-refractivity contribution < 1.29 is 22.8 Å².